The van der Waals surface area contributed by atoms with E-state index in [-0.39, 0.29) is 6.04 Å². The number of fused-ring (bicyclic) bond motifs is 1. The molecule has 0 bridgehead atoms. The summed E-state index contributed by atoms with van der Waals surface area (Å²) in [6, 6.07) is 4.51. The molecule has 0 radical (unpaired) electrons. The fourth-order valence-electron chi connectivity index (χ4n) is 2.69. The SMILES string of the molecule is CCNC(c1cc2c(s1)CCCC2)c1occc1Br. The summed E-state index contributed by atoms with van der Waals surface area (Å²) in [4.78, 5) is 2.95. The Kier molecular flexibility index (Phi) is 4.10. The van der Waals surface area contributed by atoms with E-state index < -0.39 is 0 Å². The lowest BCUT2D eigenvalue weighted by atomic mass is 9.98. The zero-order valence-electron chi connectivity index (χ0n) is 11.0. The molecule has 1 aliphatic carbocycles. The summed E-state index contributed by atoms with van der Waals surface area (Å²) in [5.74, 6) is 0.987. The van der Waals surface area contributed by atoms with E-state index in [1.54, 1.807) is 16.7 Å². The number of nitrogens with one attached hydrogen (secondary N) is 1. The zero-order chi connectivity index (χ0) is 13.2. The highest BCUT2D eigenvalue weighted by Crippen LogP contribution is 2.37. The average Bonchev–Trinajstić information content (AvgIpc) is 3.02. The highest BCUT2D eigenvalue weighted by Gasteiger charge is 2.23. The minimum atomic E-state index is 0.171. The van der Waals surface area contributed by atoms with Crippen LogP contribution in [0.2, 0.25) is 0 Å². The summed E-state index contributed by atoms with van der Waals surface area (Å²) in [6.45, 7) is 3.07. The van der Waals surface area contributed by atoms with Gasteiger partial charge in [0.1, 0.15) is 11.8 Å². The molecule has 3 rings (SSSR count). The first-order valence-electron chi connectivity index (χ1n) is 6.87. The lowest BCUT2D eigenvalue weighted by Gasteiger charge is -2.14. The third-order valence-corrected chi connectivity index (χ3v) is 5.57. The Morgan fingerprint density at radius 3 is 2.95 bits per heavy atom. The van der Waals surface area contributed by atoms with Gasteiger partial charge in [-0.25, -0.2) is 0 Å². The summed E-state index contributed by atoms with van der Waals surface area (Å²) >= 11 is 5.52. The van der Waals surface area contributed by atoms with Crippen LogP contribution in [0.15, 0.2) is 27.3 Å². The van der Waals surface area contributed by atoms with Crippen LogP contribution < -0.4 is 5.32 Å². The van der Waals surface area contributed by atoms with Crippen LogP contribution in [0.3, 0.4) is 0 Å². The van der Waals surface area contributed by atoms with Crippen molar-refractivity contribution in [3.05, 3.63) is 43.9 Å². The van der Waals surface area contributed by atoms with Crippen LogP contribution >= 0.6 is 27.3 Å². The van der Waals surface area contributed by atoms with Gasteiger partial charge in [0.05, 0.1) is 10.7 Å². The van der Waals surface area contributed by atoms with Crippen molar-refractivity contribution in [1.29, 1.82) is 0 Å². The number of aryl methyl sites for hydroxylation is 2. The van der Waals surface area contributed by atoms with Gasteiger partial charge in [-0.15, -0.1) is 11.3 Å². The fourth-order valence-corrected chi connectivity index (χ4v) is 4.46. The van der Waals surface area contributed by atoms with Crippen LogP contribution in [0, 0.1) is 0 Å². The van der Waals surface area contributed by atoms with E-state index >= 15 is 0 Å². The maximum Gasteiger partial charge on any atom is 0.140 e. The number of furan rings is 1. The molecule has 19 heavy (non-hydrogen) atoms. The smallest absolute Gasteiger partial charge is 0.140 e. The van der Waals surface area contributed by atoms with E-state index in [1.165, 1.54) is 30.6 Å². The van der Waals surface area contributed by atoms with Crippen molar-refractivity contribution in [2.75, 3.05) is 6.54 Å². The van der Waals surface area contributed by atoms with Crippen LogP contribution in [-0.4, -0.2) is 6.54 Å². The molecule has 2 nitrogen and oxygen atoms in total. The van der Waals surface area contributed by atoms with E-state index in [0.29, 0.717) is 0 Å². The molecule has 1 unspecified atom stereocenters. The van der Waals surface area contributed by atoms with E-state index in [0.717, 1.165) is 16.8 Å². The summed E-state index contributed by atoms with van der Waals surface area (Å²) in [7, 11) is 0. The number of halogens is 1. The van der Waals surface area contributed by atoms with Gasteiger partial charge in [0.2, 0.25) is 0 Å². The van der Waals surface area contributed by atoms with E-state index in [1.807, 2.05) is 17.4 Å². The molecule has 0 spiro atoms. The molecule has 1 aliphatic rings. The Morgan fingerprint density at radius 1 is 1.42 bits per heavy atom. The molecule has 0 fully saturated rings. The second-order valence-corrected chi connectivity index (χ2v) is 6.95. The molecular weight excluding hydrogens is 322 g/mol. The first-order valence-corrected chi connectivity index (χ1v) is 8.48. The molecule has 2 aromatic heterocycles. The van der Waals surface area contributed by atoms with Gasteiger partial charge in [-0.1, -0.05) is 6.92 Å². The standard InChI is InChI=1S/C15H18BrNOS/c1-2-17-14(15-11(16)7-8-18-15)13-9-10-5-3-4-6-12(10)19-13/h7-9,14,17H,2-6H2,1H3. The Balaban J connectivity index is 1.96. The van der Waals surface area contributed by atoms with Gasteiger partial charge in [-0.05, 0) is 65.9 Å². The van der Waals surface area contributed by atoms with Crippen LogP contribution in [0.5, 0.6) is 0 Å². The normalized spacial score (nSPS) is 16.3. The Labute approximate surface area is 126 Å². The number of thiophene rings is 1. The molecule has 0 saturated carbocycles. The number of hydrogen-bond donors (Lipinski definition) is 1. The summed E-state index contributed by atoms with van der Waals surface area (Å²) in [5.41, 5.74) is 1.55. The van der Waals surface area contributed by atoms with Crippen molar-refractivity contribution in [2.45, 2.75) is 38.6 Å². The van der Waals surface area contributed by atoms with Crippen LogP contribution in [0.4, 0.5) is 0 Å². The highest BCUT2D eigenvalue weighted by atomic mass is 79.9. The average molecular weight is 340 g/mol. The van der Waals surface area contributed by atoms with E-state index in [2.05, 4.69) is 34.2 Å². The van der Waals surface area contributed by atoms with Gasteiger partial charge in [0, 0.05) is 9.75 Å². The van der Waals surface area contributed by atoms with Crippen LogP contribution in [0.1, 0.15) is 46.9 Å². The summed E-state index contributed by atoms with van der Waals surface area (Å²) < 4.78 is 6.71. The number of hydrogen-bond acceptors (Lipinski definition) is 3. The molecule has 1 N–H and O–H groups in total. The third-order valence-electron chi connectivity index (χ3n) is 3.62. The quantitative estimate of drug-likeness (QED) is 0.874. The third kappa shape index (κ3) is 2.67. The second kappa shape index (κ2) is 5.81. The lowest BCUT2D eigenvalue weighted by Crippen LogP contribution is -2.20. The summed E-state index contributed by atoms with van der Waals surface area (Å²) in [5, 5.41) is 3.54. The van der Waals surface area contributed by atoms with E-state index in [9.17, 15) is 0 Å². The van der Waals surface area contributed by atoms with Crippen molar-refractivity contribution in [3.8, 4) is 0 Å². The molecule has 0 aliphatic heterocycles. The molecule has 4 heteroatoms. The van der Waals surface area contributed by atoms with Crippen LogP contribution in [-0.2, 0) is 12.8 Å². The van der Waals surface area contributed by atoms with Crippen molar-refractivity contribution in [3.63, 3.8) is 0 Å². The first-order chi connectivity index (χ1) is 9.29. The van der Waals surface area contributed by atoms with Crippen molar-refractivity contribution in [2.24, 2.45) is 0 Å². The van der Waals surface area contributed by atoms with E-state index in [4.69, 9.17) is 4.42 Å². The maximum atomic E-state index is 5.66. The van der Waals surface area contributed by atoms with Gasteiger partial charge in [-0.3, -0.25) is 0 Å². The van der Waals surface area contributed by atoms with Gasteiger partial charge in [-0.2, -0.15) is 0 Å². The second-order valence-electron chi connectivity index (χ2n) is 4.93. The molecule has 0 saturated heterocycles. The predicted octanol–water partition coefficient (Wildman–Crippen LogP) is 4.68. The van der Waals surface area contributed by atoms with Crippen molar-refractivity contribution < 1.29 is 4.42 Å². The minimum absolute atomic E-state index is 0.171. The first kappa shape index (κ1) is 13.4. The minimum Gasteiger partial charge on any atom is -0.466 e. The maximum absolute atomic E-state index is 5.66. The molecule has 1 atom stereocenters. The van der Waals surface area contributed by atoms with Crippen LogP contribution in [0.25, 0.3) is 0 Å². The van der Waals surface area contributed by atoms with Crippen molar-refractivity contribution in [1.82, 2.24) is 5.32 Å². The van der Waals surface area contributed by atoms with Crippen molar-refractivity contribution >= 4 is 27.3 Å². The number of rotatable bonds is 4. The van der Waals surface area contributed by atoms with Gasteiger partial charge < -0.3 is 9.73 Å². The molecule has 0 amide bonds. The topological polar surface area (TPSA) is 25.2 Å². The molecular formula is C15H18BrNOS. The zero-order valence-corrected chi connectivity index (χ0v) is 13.4. The fraction of sp³-hybridized carbons (Fsp3) is 0.467. The molecule has 2 heterocycles. The van der Waals surface area contributed by atoms with Gasteiger partial charge in [0.25, 0.3) is 0 Å². The highest BCUT2D eigenvalue weighted by molar-refractivity contribution is 9.10. The Hall–Kier alpha value is -0.580. The lowest BCUT2D eigenvalue weighted by molar-refractivity contribution is 0.453. The monoisotopic (exact) mass is 339 g/mol. The van der Waals surface area contributed by atoms with Gasteiger partial charge >= 0.3 is 0 Å². The van der Waals surface area contributed by atoms with Gasteiger partial charge in [0.15, 0.2) is 0 Å². The molecule has 102 valence electrons. The predicted molar refractivity (Wildman–Crippen MR) is 82.9 cm³/mol. The molecule has 2 aromatic rings. The molecule has 0 aromatic carbocycles. The largest absolute Gasteiger partial charge is 0.466 e. The summed E-state index contributed by atoms with van der Waals surface area (Å²) in [6.07, 6.45) is 6.90. The Morgan fingerprint density at radius 2 is 2.26 bits per heavy atom. The Bertz CT molecular complexity index is 537.